The maximum absolute atomic E-state index is 13.3. The van der Waals surface area contributed by atoms with Crippen molar-refractivity contribution in [2.24, 2.45) is 5.73 Å². The van der Waals surface area contributed by atoms with Gasteiger partial charge in [0.05, 0.1) is 6.42 Å². The summed E-state index contributed by atoms with van der Waals surface area (Å²) >= 11 is 0. The van der Waals surface area contributed by atoms with Crippen LogP contribution in [0.25, 0.3) is 0 Å². The van der Waals surface area contributed by atoms with Gasteiger partial charge in [0.2, 0.25) is 0 Å². The second-order valence-electron chi connectivity index (χ2n) is 3.69. The summed E-state index contributed by atoms with van der Waals surface area (Å²) in [4.78, 5) is 10.6. The number of aromatic hydroxyl groups is 1. The molecule has 1 unspecified atom stereocenters. The van der Waals surface area contributed by atoms with Gasteiger partial charge in [0.15, 0.2) is 0 Å². The summed E-state index contributed by atoms with van der Waals surface area (Å²) in [5.74, 6) is -2.20. The number of rotatable bonds is 4. The molecule has 0 aliphatic carbocycles. The van der Waals surface area contributed by atoms with Crippen LogP contribution in [0.4, 0.5) is 4.39 Å². The molecule has 5 heteroatoms. The van der Waals surface area contributed by atoms with Crippen LogP contribution < -0.4 is 5.73 Å². The Bertz CT molecular complexity index is 406. The van der Waals surface area contributed by atoms with Gasteiger partial charge in [0, 0.05) is 11.5 Å². The minimum atomic E-state index is -1.03. The first-order valence-corrected chi connectivity index (χ1v) is 4.86. The molecule has 4 N–H and O–H groups in total. The molecule has 0 radical (unpaired) electrons. The molecular weight excluding hydrogens is 213 g/mol. The number of carbonyl (C=O) groups is 1. The number of carboxylic acids is 1. The number of hydrogen-bond acceptors (Lipinski definition) is 3. The average Bonchev–Trinajstić information content (AvgIpc) is 2.20. The quantitative estimate of drug-likeness (QED) is 0.725. The maximum atomic E-state index is 13.3. The van der Waals surface area contributed by atoms with Crippen LogP contribution in [-0.4, -0.2) is 22.7 Å². The Kier molecular flexibility index (Phi) is 3.84. The summed E-state index contributed by atoms with van der Waals surface area (Å²) in [6.07, 6.45) is -0.230. The van der Waals surface area contributed by atoms with Gasteiger partial charge in [-0.1, -0.05) is 0 Å². The van der Waals surface area contributed by atoms with Crippen molar-refractivity contribution in [1.29, 1.82) is 0 Å². The number of nitrogens with two attached hydrogens (primary N) is 1. The summed E-state index contributed by atoms with van der Waals surface area (Å²) in [7, 11) is 0. The lowest BCUT2D eigenvalue weighted by Crippen LogP contribution is -2.16. The Hall–Kier alpha value is -1.62. The van der Waals surface area contributed by atoms with E-state index in [1.807, 2.05) is 0 Å². The highest BCUT2D eigenvalue weighted by Gasteiger charge is 2.18. The molecule has 0 saturated carbocycles. The van der Waals surface area contributed by atoms with Crippen molar-refractivity contribution in [3.63, 3.8) is 0 Å². The van der Waals surface area contributed by atoms with Crippen molar-refractivity contribution in [1.82, 2.24) is 0 Å². The van der Waals surface area contributed by atoms with Crippen molar-refractivity contribution >= 4 is 5.97 Å². The number of phenols is 1. The van der Waals surface area contributed by atoms with E-state index in [0.717, 1.165) is 6.07 Å². The van der Waals surface area contributed by atoms with Gasteiger partial charge >= 0.3 is 5.97 Å². The molecule has 0 spiro atoms. The third-order valence-corrected chi connectivity index (χ3v) is 2.45. The van der Waals surface area contributed by atoms with Gasteiger partial charge in [-0.15, -0.1) is 0 Å². The molecular formula is C11H14FNO3. The molecule has 1 atom stereocenters. The molecule has 4 nitrogen and oxygen atoms in total. The molecule has 0 heterocycles. The van der Waals surface area contributed by atoms with Gasteiger partial charge in [-0.2, -0.15) is 0 Å². The van der Waals surface area contributed by atoms with Gasteiger partial charge in [-0.3, -0.25) is 4.79 Å². The number of aliphatic carboxylic acids is 1. The summed E-state index contributed by atoms with van der Waals surface area (Å²) in [5, 5.41) is 18.3. The average molecular weight is 227 g/mol. The minimum absolute atomic E-state index is 0.0440. The highest BCUT2D eigenvalue weighted by Crippen LogP contribution is 2.29. The number of benzene rings is 1. The zero-order chi connectivity index (χ0) is 12.3. The van der Waals surface area contributed by atoms with Crippen molar-refractivity contribution in [2.75, 3.05) is 6.54 Å². The van der Waals surface area contributed by atoms with Gasteiger partial charge < -0.3 is 15.9 Å². The van der Waals surface area contributed by atoms with Gasteiger partial charge in [-0.05, 0) is 31.2 Å². The standard InChI is InChI=1S/C11H14FNO3/c1-6-2-10(14)8(4-9(6)12)7(5-13)3-11(15)16/h2,4,7,14H,3,5,13H2,1H3,(H,15,16). The lowest BCUT2D eigenvalue weighted by atomic mass is 9.94. The third kappa shape index (κ3) is 2.70. The van der Waals surface area contributed by atoms with E-state index < -0.39 is 17.7 Å². The Balaban J connectivity index is 3.09. The fraction of sp³-hybridized carbons (Fsp3) is 0.364. The first-order chi connectivity index (χ1) is 7.45. The molecule has 0 aromatic heterocycles. The van der Waals surface area contributed by atoms with E-state index in [-0.39, 0.29) is 24.3 Å². The fourth-order valence-electron chi connectivity index (χ4n) is 1.54. The maximum Gasteiger partial charge on any atom is 0.304 e. The monoisotopic (exact) mass is 227 g/mol. The Morgan fingerprint density at radius 3 is 2.69 bits per heavy atom. The second-order valence-corrected chi connectivity index (χ2v) is 3.69. The van der Waals surface area contributed by atoms with E-state index >= 15 is 0 Å². The van der Waals surface area contributed by atoms with Crippen molar-refractivity contribution in [3.8, 4) is 5.75 Å². The number of carboxylic acid groups (broad SMARTS) is 1. The molecule has 0 amide bonds. The molecule has 16 heavy (non-hydrogen) atoms. The summed E-state index contributed by atoms with van der Waals surface area (Å²) in [6, 6.07) is 2.42. The van der Waals surface area contributed by atoms with Crippen LogP contribution in [0, 0.1) is 12.7 Å². The highest BCUT2D eigenvalue weighted by molar-refractivity contribution is 5.68. The SMILES string of the molecule is Cc1cc(O)c(C(CN)CC(=O)O)cc1F. The predicted octanol–water partition coefficient (Wildman–Crippen LogP) is 1.36. The van der Waals surface area contributed by atoms with Crippen LogP contribution in [0.1, 0.15) is 23.5 Å². The van der Waals surface area contributed by atoms with Crippen LogP contribution in [-0.2, 0) is 4.79 Å². The molecule has 0 aliphatic heterocycles. The van der Waals surface area contributed by atoms with E-state index in [4.69, 9.17) is 10.8 Å². The predicted molar refractivity (Wildman–Crippen MR) is 56.9 cm³/mol. The van der Waals surface area contributed by atoms with Crippen LogP contribution in [0.15, 0.2) is 12.1 Å². The molecule has 1 aromatic carbocycles. The topological polar surface area (TPSA) is 83.5 Å². The number of halogens is 1. The van der Waals surface area contributed by atoms with Crippen LogP contribution in [0.5, 0.6) is 5.75 Å². The molecule has 0 fully saturated rings. The Labute approximate surface area is 92.5 Å². The first-order valence-electron chi connectivity index (χ1n) is 4.86. The lowest BCUT2D eigenvalue weighted by Gasteiger charge is -2.15. The lowest BCUT2D eigenvalue weighted by molar-refractivity contribution is -0.137. The van der Waals surface area contributed by atoms with Crippen LogP contribution in [0.2, 0.25) is 0 Å². The third-order valence-electron chi connectivity index (χ3n) is 2.45. The summed E-state index contributed by atoms with van der Waals surface area (Å²) < 4.78 is 13.3. The fourth-order valence-corrected chi connectivity index (χ4v) is 1.54. The molecule has 1 aromatic rings. The highest BCUT2D eigenvalue weighted by atomic mass is 19.1. The first kappa shape index (κ1) is 12.4. The van der Waals surface area contributed by atoms with E-state index in [1.165, 1.54) is 13.0 Å². The van der Waals surface area contributed by atoms with E-state index in [0.29, 0.717) is 5.56 Å². The number of aryl methyl sites for hydroxylation is 1. The number of phenolic OH excluding ortho intramolecular Hbond substituents is 1. The molecule has 0 aliphatic rings. The van der Waals surface area contributed by atoms with E-state index in [9.17, 15) is 14.3 Å². The van der Waals surface area contributed by atoms with Gasteiger partial charge in [-0.25, -0.2) is 4.39 Å². The Morgan fingerprint density at radius 2 is 2.19 bits per heavy atom. The minimum Gasteiger partial charge on any atom is -0.508 e. The van der Waals surface area contributed by atoms with Crippen molar-refractivity contribution < 1.29 is 19.4 Å². The van der Waals surface area contributed by atoms with Crippen LogP contribution >= 0.6 is 0 Å². The second kappa shape index (κ2) is 4.94. The largest absolute Gasteiger partial charge is 0.508 e. The summed E-state index contributed by atoms with van der Waals surface area (Å²) in [6.45, 7) is 1.57. The van der Waals surface area contributed by atoms with E-state index in [1.54, 1.807) is 0 Å². The molecule has 88 valence electrons. The smallest absolute Gasteiger partial charge is 0.304 e. The zero-order valence-electron chi connectivity index (χ0n) is 8.90. The van der Waals surface area contributed by atoms with Gasteiger partial charge in [0.1, 0.15) is 11.6 Å². The van der Waals surface area contributed by atoms with Crippen molar-refractivity contribution in [2.45, 2.75) is 19.3 Å². The number of hydrogen-bond donors (Lipinski definition) is 3. The summed E-state index contributed by atoms with van der Waals surface area (Å²) in [5.41, 5.74) is 5.97. The Morgan fingerprint density at radius 1 is 1.56 bits per heavy atom. The molecule has 0 saturated heterocycles. The van der Waals surface area contributed by atoms with Gasteiger partial charge in [0.25, 0.3) is 0 Å². The molecule has 1 rings (SSSR count). The zero-order valence-corrected chi connectivity index (χ0v) is 8.90. The van der Waals surface area contributed by atoms with E-state index in [2.05, 4.69) is 0 Å². The normalized spacial score (nSPS) is 12.4. The van der Waals surface area contributed by atoms with Crippen molar-refractivity contribution in [3.05, 3.63) is 29.1 Å². The van der Waals surface area contributed by atoms with Crippen LogP contribution in [0.3, 0.4) is 0 Å². The molecule has 0 bridgehead atoms.